The Kier molecular flexibility index (Phi) is 3.96. The van der Waals surface area contributed by atoms with Gasteiger partial charge in [-0.05, 0) is 12.1 Å². The SMILES string of the molecule is CS(=O)(=O)c1ccccc1C(=O)N1CCC2(CC1)OCCO2. The van der Waals surface area contributed by atoms with Gasteiger partial charge in [0.2, 0.25) is 0 Å². The van der Waals surface area contributed by atoms with Crippen molar-refractivity contribution >= 4 is 15.7 Å². The van der Waals surface area contributed by atoms with Gasteiger partial charge in [0.1, 0.15) is 0 Å². The Labute approximate surface area is 129 Å². The first-order chi connectivity index (χ1) is 10.4. The van der Waals surface area contributed by atoms with E-state index in [4.69, 9.17) is 9.47 Å². The molecule has 7 heteroatoms. The van der Waals surface area contributed by atoms with Gasteiger partial charge < -0.3 is 14.4 Å². The van der Waals surface area contributed by atoms with Crippen LogP contribution in [-0.4, -0.2) is 57.6 Å². The lowest BCUT2D eigenvalue weighted by molar-refractivity contribution is -0.181. The zero-order valence-electron chi connectivity index (χ0n) is 12.4. The largest absolute Gasteiger partial charge is 0.347 e. The van der Waals surface area contributed by atoms with Crippen molar-refractivity contribution in [2.24, 2.45) is 0 Å². The van der Waals surface area contributed by atoms with Crippen molar-refractivity contribution in [3.8, 4) is 0 Å². The smallest absolute Gasteiger partial charge is 0.255 e. The molecule has 2 heterocycles. The number of hydrogen-bond acceptors (Lipinski definition) is 5. The fourth-order valence-electron chi connectivity index (χ4n) is 2.97. The van der Waals surface area contributed by atoms with E-state index < -0.39 is 15.6 Å². The van der Waals surface area contributed by atoms with Crippen LogP contribution in [0.5, 0.6) is 0 Å². The lowest BCUT2D eigenvalue weighted by Gasteiger charge is -2.37. The molecular formula is C15H19NO5S. The zero-order chi connectivity index (χ0) is 15.8. The first-order valence-corrected chi connectivity index (χ1v) is 9.17. The quantitative estimate of drug-likeness (QED) is 0.813. The first-order valence-electron chi connectivity index (χ1n) is 7.28. The normalized spacial score (nSPS) is 21.2. The molecule has 120 valence electrons. The van der Waals surface area contributed by atoms with Crippen molar-refractivity contribution in [1.82, 2.24) is 4.90 Å². The van der Waals surface area contributed by atoms with Crippen LogP contribution >= 0.6 is 0 Å². The molecular weight excluding hydrogens is 306 g/mol. The molecule has 2 fully saturated rings. The van der Waals surface area contributed by atoms with Crippen molar-refractivity contribution in [3.63, 3.8) is 0 Å². The summed E-state index contributed by atoms with van der Waals surface area (Å²) in [4.78, 5) is 14.4. The van der Waals surface area contributed by atoms with E-state index in [1.165, 1.54) is 6.07 Å². The lowest BCUT2D eigenvalue weighted by atomic mass is 10.0. The highest BCUT2D eigenvalue weighted by atomic mass is 32.2. The Balaban J connectivity index is 1.79. The number of likely N-dealkylation sites (tertiary alicyclic amines) is 1. The third kappa shape index (κ3) is 2.88. The molecule has 1 aromatic rings. The standard InChI is InChI=1S/C15H19NO5S/c1-22(18,19)13-5-3-2-4-12(13)14(17)16-8-6-15(7-9-16)20-10-11-21-15/h2-5H,6-11H2,1H3. The van der Waals surface area contributed by atoms with Crippen molar-refractivity contribution in [1.29, 1.82) is 0 Å². The highest BCUT2D eigenvalue weighted by Crippen LogP contribution is 2.32. The third-order valence-electron chi connectivity index (χ3n) is 4.14. The van der Waals surface area contributed by atoms with E-state index in [1.54, 1.807) is 23.1 Å². The second kappa shape index (κ2) is 5.64. The van der Waals surface area contributed by atoms with E-state index in [2.05, 4.69) is 0 Å². The molecule has 0 N–H and O–H groups in total. The number of amides is 1. The number of piperidine rings is 1. The summed E-state index contributed by atoms with van der Waals surface area (Å²) in [6.07, 6.45) is 2.34. The second-order valence-electron chi connectivity index (χ2n) is 5.67. The molecule has 1 spiro atoms. The predicted octanol–water partition coefficient (Wildman–Crippen LogP) is 1.07. The minimum Gasteiger partial charge on any atom is -0.347 e. The van der Waals surface area contributed by atoms with Crippen molar-refractivity contribution in [2.75, 3.05) is 32.6 Å². The number of ether oxygens (including phenoxy) is 2. The van der Waals surface area contributed by atoms with Crippen LogP contribution in [0.2, 0.25) is 0 Å². The average molecular weight is 325 g/mol. The Morgan fingerprint density at radius 2 is 1.73 bits per heavy atom. The summed E-state index contributed by atoms with van der Waals surface area (Å²) < 4.78 is 34.9. The molecule has 0 aliphatic carbocycles. The summed E-state index contributed by atoms with van der Waals surface area (Å²) in [6.45, 7) is 2.17. The van der Waals surface area contributed by atoms with E-state index in [9.17, 15) is 13.2 Å². The average Bonchev–Trinajstić information content (AvgIpc) is 2.95. The van der Waals surface area contributed by atoms with Gasteiger partial charge in [-0.2, -0.15) is 0 Å². The molecule has 3 rings (SSSR count). The molecule has 1 aromatic carbocycles. The number of sulfone groups is 1. The number of carbonyl (C=O) groups excluding carboxylic acids is 1. The maximum absolute atomic E-state index is 12.7. The van der Waals surface area contributed by atoms with Gasteiger partial charge in [0.05, 0.1) is 23.7 Å². The van der Waals surface area contributed by atoms with Crippen molar-refractivity contribution < 1.29 is 22.7 Å². The summed E-state index contributed by atoms with van der Waals surface area (Å²) in [5.74, 6) is -0.804. The highest BCUT2D eigenvalue weighted by Gasteiger charge is 2.41. The van der Waals surface area contributed by atoms with Gasteiger partial charge in [-0.3, -0.25) is 4.79 Å². The van der Waals surface area contributed by atoms with Crippen LogP contribution < -0.4 is 0 Å². The fraction of sp³-hybridized carbons (Fsp3) is 0.533. The minimum absolute atomic E-state index is 0.0775. The molecule has 0 radical (unpaired) electrons. The molecule has 6 nitrogen and oxygen atoms in total. The van der Waals surface area contributed by atoms with Gasteiger partial charge in [-0.15, -0.1) is 0 Å². The van der Waals surface area contributed by atoms with Gasteiger partial charge in [0.15, 0.2) is 15.6 Å². The Hall–Kier alpha value is -1.44. The number of benzene rings is 1. The van der Waals surface area contributed by atoms with E-state index in [0.717, 1.165) is 6.26 Å². The Morgan fingerprint density at radius 1 is 1.14 bits per heavy atom. The van der Waals surface area contributed by atoms with E-state index in [1.807, 2.05) is 0 Å². The van der Waals surface area contributed by atoms with Crippen LogP contribution in [-0.2, 0) is 19.3 Å². The molecule has 22 heavy (non-hydrogen) atoms. The number of carbonyl (C=O) groups is 1. The zero-order valence-corrected chi connectivity index (χ0v) is 13.3. The summed E-state index contributed by atoms with van der Waals surface area (Å²) >= 11 is 0. The summed E-state index contributed by atoms with van der Waals surface area (Å²) in [7, 11) is -3.44. The first kappa shape index (κ1) is 15.5. The van der Waals surface area contributed by atoms with Crippen LogP contribution in [0, 0.1) is 0 Å². The van der Waals surface area contributed by atoms with Crippen LogP contribution in [0.3, 0.4) is 0 Å². The van der Waals surface area contributed by atoms with Crippen LogP contribution in [0.15, 0.2) is 29.2 Å². The molecule has 0 saturated carbocycles. The van der Waals surface area contributed by atoms with Crippen LogP contribution in [0.1, 0.15) is 23.2 Å². The maximum Gasteiger partial charge on any atom is 0.255 e. The molecule has 2 aliphatic heterocycles. The Morgan fingerprint density at radius 3 is 2.32 bits per heavy atom. The summed E-state index contributed by atoms with van der Waals surface area (Å²) in [5, 5.41) is 0. The number of nitrogens with zero attached hydrogens (tertiary/aromatic N) is 1. The van der Waals surface area contributed by atoms with E-state index in [-0.39, 0.29) is 16.4 Å². The van der Waals surface area contributed by atoms with Crippen LogP contribution in [0.25, 0.3) is 0 Å². The fourth-order valence-corrected chi connectivity index (χ4v) is 3.85. The van der Waals surface area contributed by atoms with Gasteiger partial charge >= 0.3 is 0 Å². The van der Waals surface area contributed by atoms with Gasteiger partial charge in [-0.1, -0.05) is 12.1 Å². The third-order valence-corrected chi connectivity index (χ3v) is 5.30. The van der Waals surface area contributed by atoms with Gasteiger partial charge in [-0.25, -0.2) is 8.42 Å². The molecule has 0 atom stereocenters. The summed E-state index contributed by atoms with van der Waals surface area (Å²) in [5.41, 5.74) is 0.231. The summed E-state index contributed by atoms with van der Waals surface area (Å²) in [6, 6.07) is 6.33. The monoisotopic (exact) mass is 325 g/mol. The molecule has 0 unspecified atom stereocenters. The predicted molar refractivity (Wildman–Crippen MR) is 79.3 cm³/mol. The van der Waals surface area contributed by atoms with Gasteiger partial charge in [0, 0.05) is 32.2 Å². The number of hydrogen-bond donors (Lipinski definition) is 0. The highest BCUT2D eigenvalue weighted by molar-refractivity contribution is 7.90. The Bertz CT molecular complexity index is 669. The van der Waals surface area contributed by atoms with Crippen molar-refractivity contribution in [3.05, 3.63) is 29.8 Å². The minimum atomic E-state index is -3.44. The molecule has 1 amide bonds. The second-order valence-corrected chi connectivity index (χ2v) is 7.65. The number of rotatable bonds is 2. The molecule has 2 aliphatic rings. The maximum atomic E-state index is 12.7. The van der Waals surface area contributed by atoms with Gasteiger partial charge in [0.25, 0.3) is 5.91 Å². The molecule has 0 bridgehead atoms. The van der Waals surface area contributed by atoms with Crippen molar-refractivity contribution in [2.45, 2.75) is 23.5 Å². The topological polar surface area (TPSA) is 72.9 Å². The van der Waals surface area contributed by atoms with Crippen LogP contribution in [0.4, 0.5) is 0 Å². The lowest BCUT2D eigenvalue weighted by Crippen LogP contribution is -2.47. The molecule has 0 aromatic heterocycles. The van der Waals surface area contributed by atoms with E-state index in [0.29, 0.717) is 39.1 Å². The molecule has 2 saturated heterocycles. The van der Waals surface area contributed by atoms with E-state index >= 15 is 0 Å².